The van der Waals surface area contributed by atoms with E-state index in [9.17, 15) is 9.18 Å². The number of ether oxygens (including phenoxy) is 1. The zero-order chi connectivity index (χ0) is 14.9. The molecule has 2 rings (SSSR count). The number of hydrogen-bond acceptors (Lipinski definition) is 3. The number of carbonyl (C=O) groups excluding carboxylic acids is 1. The summed E-state index contributed by atoms with van der Waals surface area (Å²) in [5.41, 5.74) is 7.86. The fourth-order valence-electron chi connectivity index (χ4n) is 2.21. The summed E-state index contributed by atoms with van der Waals surface area (Å²) in [6.07, 6.45) is 0. The van der Waals surface area contributed by atoms with E-state index in [1.807, 2.05) is 0 Å². The molecule has 2 N–H and O–H groups in total. The Bertz CT molecular complexity index is 684. The maximum Gasteiger partial charge on any atom is 0.251 e. The standard InChI is InChI=1S/C15H15FN2O2/c1-8-6-9(2)18-14(13(8)15(17)19)11-7-10(16)4-5-12(11)20-3/h4-7H,1-3H3,(H2,17,19). The van der Waals surface area contributed by atoms with Gasteiger partial charge in [-0.2, -0.15) is 0 Å². The van der Waals surface area contributed by atoms with Gasteiger partial charge in [-0.05, 0) is 43.7 Å². The number of nitrogens with zero attached hydrogens (tertiary/aromatic N) is 1. The van der Waals surface area contributed by atoms with Gasteiger partial charge in [0.15, 0.2) is 0 Å². The summed E-state index contributed by atoms with van der Waals surface area (Å²) >= 11 is 0. The normalized spacial score (nSPS) is 10.4. The van der Waals surface area contributed by atoms with E-state index in [4.69, 9.17) is 10.5 Å². The number of aromatic nitrogens is 1. The summed E-state index contributed by atoms with van der Waals surface area (Å²) in [7, 11) is 1.48. The summed E-state index contributed by atoms with van der Waals surface area (Å²) in [4.78, 5) is 16.0. The number of aryl methyl sites for hydroxylation is 2. The van der Waals surface area contributed by atoms with Crippen LogP contribution in [0.15, 0.2) is 24.3 Å². The van der Waals surface area contributed by atoms with Crippen LogP contribution in [0.25, 0.3) is 11.3 Å². The molecule has 0 radical (unpaired) electrons. The highest BCUT2D eigenvalue weighted by molar-refractivity contribution is 6.00. The first-order valence-corrected chi connectivity index (χ1v) is 6.06. The van der Waals surface area contributed by atoms with Crippen LogP contribution in [0.1, 0.15) is 21.6 Å². The van der Waals surface area contributed by atoms with E-state index < -0.39 is 11.7 Å². The average Bonchev–Trinajstić information content (AvgIpc) is 2.37. The van der Waals surface area contributed by atoms with Gasteiger partial charge in [0.05, 0.1) is 18.4 Å². The highest BCUT2D eigenvalue weighted by Gasteiger charge is 2.19. The Hall–Kier alpha value is -2.43. The molecular formula is C15H15FN2O2. The van der Waals surface area contributed by atoms with Gasteiger partial charge >= 0.3 is 0 Å². The van der Waals surface area contributed by atoms with Crippen molar-refractivity contribution >= 4 is 5.91 Å². The molecule has 20 heavy (non-hydrogen) atoms. The topological polar surface area (TPSA) is 65.2 Å². The Morgan fingerprint density at radius 2 is 2.00 bits per heavy atom. The highest BCUT2D eigenvalue weighted by atomic mass is 19.1. The molecule has 4 nitrogen and oxygen atoms in total. The van der Waals surface area contributed by atoms with Gasteiger partial charge in [0, 0.05) is 11.3 Å². The van der Waals surface area contributed by atoms with E-state index in [1.54, 1.807) is 19.9 Å². The maximum atomic E-state index is 13.5. The first-order valence-electron chi connectivity index (χ1n) is 6.06. The predicted octanol–water partition coefficient (Wildman–Crippen LogP) is 2.61. The van der Waals surface area contributed by atoms with E-state index in [0.717, 1.165) is 0 Å². The lowest BCUT2D eigenvalue weighted by atomic mass is 9.99. The van der Waals surface area contributed by atoms with Crippen LogP contribution >= 0.6 is 0 Å². The Balaban J connectivity index is 2.81. The monoisotopic (exact) mass is 274 g/mol. The molecule has 0 saturated heterocycles. The number of nitrogens with two attached hydrogens (primary N) is 1. The van der Waals surface area contributed by atoms with Crippen LogP contribution in [0.3, 0.4) is 0 Å². The second-order valence-corrected chi connectivity index (χ2v) is 4.51. The van der Waals surface area contributed by atoms with Gasteiger partial charge in [-0.1, -0.05) is 0 Å². The molecule has 104 valence electrons. The molecule has 0 aliphatic heterocycles. The first kappa shape index (κ1) is 14.0. The number of halogens is 1. The molecule has 0 spiro atoms. The molecule has 0 unspecified atom stereocenters. The van der Waals surface area contributed by atoms with Crippen LogP contribution in [0.4, 0.5) is 4.39 Å². The zero-order valence-electron chi connectivity index (χ0n) is 11.5. The lowest BCUT2D eigenvalue weighted by Crippen LogP contribution is -2.16. The molecule has 1 aromatic carbocycles. The zero-order valence-corrected chi connectivity index (χ0v) is 11.5. The van der Waals surface area contributed by atoms with E-state index in [1.165, 1.54) is 25.3 Å². The van der Waals surface area contributed by atoms with Crippen molar-refractivity contribution in [2.75, 3.05) is 7.11 Å². The van der Waals surface area contributed by atoms with Crippen molar-refractivity contribution in [3.05, 3.63) is 46.9 Å². The van der Waals surface area contributed by atoms with E-state index in [2.05, 4.69) is 4.98 Å². The van der Waals surface area contributed by atoms with E-state index >= 15 is 0 Å². The van der Waals surface area contributed by atoms with Gasteiger partial charge in [0.25, 0.3) is 5.91 Å². The smallest absolute Gasteiger partial charge is 0.251 e. The minimum atomic E-state index is -0.601. The third-order valence-electron chi connectivity index (χ3n) is 3.01. The molecule has 0 fully saturated rings. The SMILES string of the molecule is COc1ccc(F)cc1-c1nc(C)cc(C)c1C(N)=O. The number of amides is 1. The molecule has 2 aromatic rings. The quantitative estimate of drug-likeness (QED) is 0.935. The second-order valence-electron chi connectivity index (χ2n) is 4.51. The molecule has 1 heterocycles. The molecule has 5 heteroatoms. The molecule has 1 amide bonds. The molecule has 0 aliphatic rings. The Morgan fingerprint density at radius 3 is 2.60 bits per heavy atom. The Labute approximate surface area is 116 Å². The van der Waals surface area contributed by atoms with Crippen molar-refractivity contribution in [1.29, 1.82) is 0 Å². The van der Waals surface area contributed by atoms with Crippen molar-refractivity contribution < 1.29 is 13.9 Å². The molecule has 0 aliphatic carbocycles. The molecule has 1 aromatic heterocycles. The number of methoxy groups -OCH3 is 1. The summed E-state index contributed by atoms with van der Waals surface area (Å²) in [6.45, 7) is 3.57. The summed E-state index contributed by atoms with van der Waals surface area (Å²) < 4.78 is 18.7. The second kappa shape index (κ2) is 5.28. The van der Waals surface area contributed by atoms with Crippen LogP contribution in [-0.2, 0) is 0 Å². The van der Waals surface area contributed by atoms with Gasteiger partial charge in [0.1, 0.15) is 11.6 Å². The number of carbonyl (C=O) groups is 1. The third kappa shape index (κ3) is 2.47. The van der Waals surface area contributed by atoms with Crippen LogP contribution in [0.5, 0.6) is 5.75 Å². The van der Waals surface area contributed by atoms with Crippen LogP contribution in [0.2, 0.25) is 0 Å². The fraction of sp³-hybridized carbons (Fsp3) is 0.200. The first-order chi connectivity index (χ1) is 9.43. The van der Waals surface area contributed by atoms with E-state index in [0.29, 0.717) is 28.3 Å². The molecular weight excluding hydrogens is 259 g/mol. The average molecular weight is 274 g/mol. The van der Waals surface area contributed by atoms with Gasteiger partial charge in [-0.15, -0.1) is 0 Å². The summed E-state index contributed by atoms with van der Waals surface area (Å²) in [5, 5.41) is 0. The minimum absolute atomic E-state index is 0.277. The Morgan fingerprint density at radius 1 is 1.30 bits per heavy atom. The lowest BCUT2D eigenvalue weighted by molar-refractivity contribution is 0.1000. The van der Waals surface area contributed by atoms with E-state index in [-0.39, 0.29) is 5.56 Å². The minimum Gasteiger partial charge on any atom is -0.496 e. The van der Waals surface area contributed by atoms with Crippen LogP contribution < -0.4 is 10.5 Å². The number of primary amides is 1. The van der Waals surface area contributed by atoms with Crippen molar-refractivity contribution in [1.82, 2.24) is 4.98 Å². The van der Waals surface area contributed by atoms with Crippen LogP contribution in [-0.4, -0.2) is 18.0 Å². The highest BCUT2D eigenvalue weighted by Crippen LogP contribution is 2.33. The summed E-state index contributed by atoms with van der Waals surface area (Å²) in [5.74, 6) is -0.597. The number of benzene rings is 1. The predicted molar refractivity (Wildman–Crippen MR) is 74.2 cm³/mol. The van der Waals surface area contributed by atoms with Crippen LogP contribution in [0, 0.1) is 19.7 Å². The van der Waals surface area contributed by atoms with Crippen molar-refractivity contribution in [2.24, 2.45) is 5.73 Å². The maximum absolute atomic E-state index is 13.5. The third-order valence-corrected chi connectivity index (χ3v) is 3.01. The van der Waals surface area contributed by atoms with Crippen molar-refractivity contribution in [2.45, 2.75) is 13.8 Å². The number of pyridine rings is 1. The van der Waals surface area contributed by atoms with Gasteiger partial charge < -0.3 is 10.5 Å². The summed E-state index contributed by atoms with van der Waals surface area (Å²) in [6, 6.07) is 5.82. The van der Waals surface area contributed by atoms with Crippen molar-refractivity contribution in [3.63, 3.8) is 0 Å². The van der Waals surface area contributed by atoms with Gasteiger partial charge in [0.2, 0.25) is 0 Å². The molecule has 0 saturated carbocycles. The lowest BCUT2D eigenvalue weighted by Gasteiger charge is -2.13. The number of rotatable bonds is 3. The Kier molecular flexibility index (Phi) is 3.70. The van der Waals surface area contributed by atoms with Crippen molar-refractivity contribution in [3.8, 4) is 17.0 Å². The van der Waals surface area contributed by atoms with Gasteiger partial charge in [-0.25, -0.2) is 4.39 Å². The molecule has 0 atom stereocenters. The number of hydrogen-bond donors (Lipinski definition) is 1. The fourth-order valence-corrected chi connectivity index (χ4v) is 2.21. The largest absolute Gasteiger partial charge is 0.496 e. The molecule has 0 bridgehead atoms. The van der Waals surface area contributed by atoms with Gasteiger partial charge in [-0.3, -0.25) is 9.78 Å².